The van der Waals surface area contributed by atoms with Crippen molar-refractivity contribution in [3.63, 3.8) is 0 Å². The van der Waals surface area contributed by atoms with E-state index < -0.39 is 10.1 Å². The van der Waals surface area contributed by atoms with Crippen LogP contribution in [0.1, 0.15) is 5.89 Å². The molecule has 0 aliphatic rings. The minimum absolute atomic E-state index is 0.235. The Morgan fingerprint density at radius 1 is 1.40 bits per heavy atom. The monoisotopic (exact) mass is 227 g/mol. The number of oxazole rings is 1. The topological polar surface area (TPSA) is 69.4 Å². The lowest BCUT2D eigenvalue weighted by Gasteiger charge is -2.00. The van der Waals surface area contributed by atoms with E-state index in [9.17, 15) is 8.42 Å². The van der Waals surface area contributed by atoms with Gasteiger partial charge in [0, 0.05) is 13.0 Å². The molecule has 1 heterocycles. The Bertz CT molecular complexity index is 600. The van der Waals surface area contributed by atoms with Crippen LogP contribution in [0.5, 0.6) is 5.75 Å². The zero-order chi connectivity index (χ0) is 11.1. The fourth-order valence-corrected chi connectivity index (χ4v) is 1.70. The van der Waals surface area contributed by atoms with Gasteiger partial charge in [-0.15, -0.1) is 0 Å². The lowest BCUT2D eigenvalue weighted by Crippen LogP contribution is -2.05. The number of hydrogen-bond acceptors (Lipinski definition) is 5. The van der Waals surface area contributed by atoms with E-state index in [1.807, 2.05) is 0 Å². The summed E-state index contributed by atoms with van der Waals surface area (Å²) in [5.74, 6) is 0.764. The van der Waals surface area contributed by atoms with Gasteiger partial charge in [-0.25, -0.2) is 4.98 Å². The van der Waals surface area contributed by atoms with Crippen molar-refractivity contribution in [1.82, 2.24) is 4.98 Å². The molecule has 15 heavy (non-hydrogen) atoms. The van der Waals surface area contributed by atoms with Gasteiger partial charge in [-0.3, -0.25) is 0 Å². The molecule has 0 atom stereocenters. The molecule has 0 aliphatic carbocycles. The summed E-state index contributed by atoms with van der Waals surface area (Å²) in [6.07, 6.45) is 0.991. The quantitative estimate of drug-likeness (QED) is 0.727. The molecule has 2 aromatic rings. The molecule has 2 rings (SSSR count). The van der Waals surface area contributed by atoms with Crippen molar-refractivity contribution in [1.29, 1.82) is 0 Å². The molecule has 1 aromatic carbocycles. The zero-order valence-electron chi connectivity index (χ0n) is 8.22. The average molecular weight is 227 g/mol. The van der Waals surface area contributed by atoms with Crippen molar-refractivity contribution < 1.29 is 17.0 Å². The van der Waals surface area contributed by atoms with Crippen molar-refractivity contribution >= 4 is 21.2 Å². The molecule has 0 fully saturated rings. The first-order valence-corrected chi connectivity index (χ1v) is 6.02. The maximum atomic E-state index is 10.9. The van der Waals surface area contributed by atoms with E-state index in [1.165, 1.54) is 12.1 Å². The lowest BCUT2D eigenvalue weighted by atomic mass is 10.3. The first kappa shape index (κ1) is 9.97. The van der Waals surface area contributed by atoms with Gasteiger partial charge in [-0.05, 0) is 12.1 Å². The molecule has 0 radical (unpaired) electrons. The Labute approximate surface area is 86.8 Å². The summed E-state index contributed by atoms with van der Waals surface area (Å²) in [7, 11) is -3.50. The largest absolute Gasteiger partial charge is 0.441 e. The average Bonchev–Trinajstić information content (AvgIpc) is 2.40. The highest BCUT2D eigenvalue weighted by Crippen LogP contribution is 2.21. The van der Waals surface area contributed by atoms with E-state index in [1.54, 1.807) is 13.0 Å². The predicted molar refractivity (Wildman–Crippen MR) is 54.2 cm³/mol. The number of hydrogen-bond donors (Lipinski definition) is 0. The molecule has 0 bridgehead atoms. The molecule has 1 aromatic heterocycles. The molecule has 80 valence electrons. The van der Waals surface area contributed by atoms with Crippen LogP contribution in [0.15, 0.2) is 22.6 Å². The molecule has 0 saturated carbocycles. The third-order valence-corrected chi connectivity index (χ3v) is 2.21. The van der Waals surface area contributed by atoms with Gasteiger partial charge in [-0.1, -0.05) is 0 Å². The predicted octanol–water partition coefficient (Wildman–Crippen LogP) is 1.47. The minimum Gasteiger partial charge on any atom is -0.441 e. The number of aryl methyl sites for hydroxylation is 1. The molecule has 5 nitrogen and oxygen atoms in total. The Kier molecular flexibility index (Phi) is 2.15. The van der Waals surface area contributed by atoms with Crippen LogP contribution in [-0.4, -0.2) is 19.7 Å². The SMILES string of the molecule is Cc1nc2cc(OS(C)(=O)=O)ccc2o1. The van der Waals surface area contributed by atoms with Gasteiger partial charge in [0.05, 0.1) is 6.26 Å². The van der Waals surface area contributed by atoms with E-state index in [2.05, 4.69) is 4.98 Å². The van der Waals surface area contributed by atoms with Gasteiger partial charge >= 0.3 is 10.1 Å². The second kappa shape index (κ2) is 3.23. The van der Waals surface area contributed by atoms with Gasteiger partial charge < -0.3 is 8.60 Å². The van der Waals surface area contributed by atoms with E-state index >= 15 is 0 Å². The highest BCUT2D eigenvalue weighted by Gasteiger charge is 2.07. The fraction of sp³-hybridized carbons (Fsp3) is 0.222. The normalized spacial score (nSPS) is 11.9. The Morgan fingerprint density at radius 2 is 2.13 bits per heavy atom. The fourth-order valence-electron chi connectivity index (χ4n) is 1.25. The Morgan fingerprint density at radius 3 is 2.80 bits per heavy atom. The van der Waals surface area contributed by atoms with E-state index in [4.69, 9.17) is 8.60 Å². The number of benzene rings is 1. The molecule has 0 saturated heterocycles. The van der Waals surface area contributed by atoms with Crippen LogP contribution in [0.4, 0.5) is 0 Å². The summed E-state index contributed by atoms with van der Waals surface area (Å²) in [6, 6.07) is 4.66. The summed E-state index contributed by atoms with van der Waals surface area (Å²) < 4.78 is 31.7. The lowest BCUT2D eigenvalue weighted by molar-refractivity contribution is 0.493. The molecule has 6 heteroatoms. The first-order chi connectivity index (χ1) is 6.94. The van der Waals surface area contributed by atoms with E-state index in [-0.39, 0.29) is 5.75 Å². The summed E-state index contributed by atoms with van der Waals surface area (Å²) in [4.78, 5) is 4.06. The van der Waals surface area contributed by atoms with Crippen LogP contribution in [0.3, 0.4) is 0 Å². The maximum absolute atomic E-state index is 10.9. The Balaban J connectivity index is 2.47. The van der Waals surface area contributed by atoms with E-state index in [0.29, 0.717) is 17.0 Å². The smallest absolute Gasteiger partial charge is 0.306 e. The van der Waals surface area contributed by atoms with Crippen LogP contribution < -0.4 is 4.18 Å². The van der Waals surface area contributed by atoms with Gasteiger partial charge in [0.25, 0.3) is 0 Å². The van der Waals surface area contributed by atoms with Gasteiger partial charge in [0.1, 0.15) is 11.3 Å². The summed E-state index contributed by atoms with van der Waals surface area (Å²) in [5.41, 5.74) is 1.18. The molecule has 0 spiro atoms. The highest BCUT2D eigenvalue weighted by molar-refractivity contribution is 7.86. The maximum Gasteiger partial charge on any atom is 0.306 e. The molecular weight excluding hydrogens is 218 g/mol. The van der Waals surface area contributed by atoms with E-state index in [0.717, 1.165) is 6.26 Å². The highest BCUT2D eigenvalue weighted by atomic mass is 32.2. The second-order valence-electron chi connectivity index (χ2n) is 3.15. The summed E-state index contributed by atoms with van der Waals surface area (Å²) in [5, 5.41) is 0. The molecule has 0 aliphatic heterocycles. The molecule has 0 unspecified atom stereocenters. The summed E-state index contributed by atoms with van der Waals surface area (Å²) in [6.45, 7) is 1.72. The standard InChI is InChI=1S/C9H9NO4S/c1-6-10-8-5-7(14-15(2,11)12)3-4-9(8)13-6/h3-5H,1-2H3. The van der Waals surface area contributed by atoms with Crippen molar-refractivity contribution in [2.75, 3.05) is 6.26 Å². The molecular formula is C9H9NO4S. The van der Waals surface area contributed by atoms with Gasteiger partial charge in [-0.2, -0.15) is 8.42 Å². The summed E-state index contributed by atoms with van der Waals surface area (Å²) >= 11 is 0. The number of nitrogens with zero attached hydrogens (tertiary/aromatic N) is 1. The van der Waals surface area contributed by atoms with Crippen LogP contribution in [-0.2, 0) is 10.1 Å². The van der Waals surface area contributed by atoms with Crippen molar-refractivity contribution in [2.24, 2.45) is 0 Å². The molecule has 0 amide bonds. The van der Waals surface area contributed by atoms with Crippen molar-refractivity contribution in [3.05, 3.63) is 24.1 Å². The number of aromatic nitrogens is 1. The minimum atomic E-state index is -3.50. The van der Waals surface area contributed by atoms with Crippen LogP contribution >= 0.6 is 0 Å². The van der Waals surface area contributed by atoms with Gasteiger partial charge in [0.2, 0.25) is 0 Å². The van der Waals surface area contributed by atoms with Crippen LogP contribution in [0.2, 0.25) is 0 Å². The second-order valence-corrected chi connectivity index (χ2v) is 4.72. The van der Waals surface area contributed by atoms with Crippen LogP contribution in [0.25, 0.3) is 11.1 Å². The number of fused-ring (bicyclic) bond motifs is 1. The van der Waals surface area contributed by atoms with Crippen molar-refractivity contribution in [3.8, 4) is 5.75 Å². The first-order valence-electron chi connectivity index (χ1n) is 4.21. The third-order valence-electron chi connectivity index (χ3n) is 1.71. The molecule has 0 N–H and O–H groups in total. The Hall–Kier alpha value is -1.56. The van der Waals surface area contributed by atoms with Crippen LogP contribution in [0, 0.1) is 6.92 Å². The van der Waals surface area contributed by atoms with Crippen molar-refractivity contribution in [2.45, 2.75) is 6.92 Å². The van der Waals surface area contributed by atoms with Gasteiger partial charge in [0.15, 0.2) is 11.5 Å². The number of rotatable bonds is 2. The zero-order valence-corrected chi connectivity index (χ0v) is 9.04. The third kappa shape index (κ3) is 2.27.